The molecule has 0 amide bonds. The van der Waals surface area contributed by atoms with Crippen LogP contribution in [0.5, 0.6) is 0 Å². The van der Waals surface area contributed by atoms with Crippen LogP contribution in [0.3, 0.4) is 0 Å². The molecule has 0 saturated heterocycles. The molecule has 0 aromatic heterocycles. The zero-order chi connectivity index (χ0) is 15.9. The van der Waals surface area contributed by atoms with Crippen LogP contribution in [-0.2, 0) is 0 Å². The lowest BCUT2D eigenvalue weighted by Crippen LogP contribution is -2.28. The fourth-order valence-corrected chi connectivity index (χ4v) is 8.02. The second kappa shape index (κ2) is 8.92. The summed E-state index contributed by atoms with van der Waals surface area (Å²) in [5, 5.41) is 1.68. The van der Waals surface area contributed by atoms with E-state index in [0.717, 1.165) is 11.3 Å². The molecule has 1 aromatic rings. The van der Waals surface area contributed by atoms with Gasteiger partial charge in [0.25, 0.3) is 0 Å². The van der Waals surface area contributed by atoms with E-state index in [9.17, 15) is 0 Å². The van der Waals surface area contributed by atoms with Gasteiger partial charge in [0, 0.05) is 19.8 Å². The summed E-state index contributed by atoms with van der Waals surface area (Å²) >= 11 is 0. The fraction of sp³-hybridized carbons (Fsp3) is 0.700. The summed E-state index contributed by atoms with van der Waals surface area (Å²) in [7, 11) is 4.37. The smallest absolute Gasteiger partial charge is 0.0439 e. The number of hydrogen-bond acceptors (Lipinski definition) is 1. The zero-order valence-corrected chi connectivity index (χ0v) is 15.9. The topological polar surface area (TPSA) is 3.24 Å². The summed E-state index contributed by atoms with van der Waals surface area (Å²) in [5.74, 6) is 0. The van der Waals surface area contributed by atoms with Crippen molar-refractivity contribution >= 4 is 18.9 Å². The lowest BCUT2D eigenvalue weighted by atomic mass is 10.0. The average molecular weight is 319 g/mol. The molecule has 1 nitrogen and oxygen atoms in total. The molecule has 0 bridgehead atoms. The summed E-state index contributed by atoms with van der Waals surface area (Å²) in [4.78, 5) is 2.33. The van der Waals surface area contributed by atoms with Gasteiger partial charge in [-0.1, -0.05) is 65.7 Å². The molecule has 0 spiro atoms. The van der Waals surface area contributed by atoms with Crippen molar-refractivity contribution in [2.24, 2.45) is 0 Å². The highest BCUT2D eigenvalue weighted by atomic mass is 31.1. The van der Waals surface area contributed by atoms with Crippen molar-refractivity contribution in [2.75, 3.05) is 19.0 Å². The molecular weight excluding hydrogens is 285 g/mol. The molecule has 0 aliphatic heterocycles. The van der Waals surface area contributed by atoms with Crippen molar-refractivity contribution < 1.29 is 0 Å². The molecule has 2 unspecified atom stereocenters. The summed E-state index contributed by atoms with van der Waals surface area (Å²) < 4.78 is 0. The SMILES string of the molecule is CCCC(CC)P(c1ccccc1N(C)C)C1CCCCC1. The van der Waals surface area contributed by atoms with Crippen LogP contribution in [-0.4, -0.2) is 25.4 Å². The van der Waals surface area contributed by atoms with Gasteiger partial charge in [-0.25, -0.2) is 0 Å². The number of anilines is 1. The van der Waals surface area contributed by atoms with Crippen LogP contribution >= 0.6 is 7.92 Å². The van der Waals surface area contributed by atoms with E-state index in [2.05, 4.69) is 57.1 Å². The van der Waals surface area contributed by atoms with Crippen LogP contribution in [0.25, 0.3) is 0 Å². The fourth-order valence-electron chi connectivity index (χ4n) is 3.98. The van der Waals surface area contributed by atoms with Crippen LogP contribution in [0, 0.1) is 0 Å². The molecule has 2 heteroatoms. The van der Waals surface area contributed by atoms with Crippen LogP contribution in [0.15, 0.2) is 24.3 Å². The monoisotopic (exact) mass is 319 g/mol. The van der Waals surface area contributed by atoms with E-state index in [1.165, 1.54) is 57.1 Å². The highest BCUT2D eigenvalue weighted by molar-refractivity contribution is 7.67. The molecule has 124 valence electrons. The lowest BCUT2D eigenvalue weighted by molar-refractivity contribution is 0.508. The second-order valence-electron chi connectivity index (χ2n) is 6.93. The maximum atomic E-state index is 2.44. The molecule has 1 aromatic carbocycles. The number of rotatable bonds is 7. The lowest BCUT2D eigenvalue weighted by Gasteiger charge is -2.38. The largest absolute Gasteiger partial charge is 0.377 e. The standard InChI is InChI=1S/C20H34NP/c1-5-12-17(6-2)22(18-13-8-7-9-14-18)20-16-11-10-15-19(20)21(3)4/h10-11,15-18H,5-9,12-14H2,1-4H3. The van der Waals surface area contributed by atoms with Gasteiger partial charge in [-0.05, 0) is 48.4 Å². The van der Waals surface area contributed by atoms with E-state index < -0.39 is 0 Å². The highest BCUT2D eigenvalue weighted by Gasteiger charge is 2.31. The van der Waals surface area contributed by atoms with Gasteiger partial charge < -0.3 is 4.90 Å². The first-order chi connectivity index (χ1) is 10.7. The first-order valence-corrected chi connectivity index (χ1v) is 10.7. The minimum atomic E-state index is -0.0383. The molecule has 0 radical (unpaired) electrons. The third-order valence-corrected chi connectivity index (χ3v) is 8.74. The number of para-hydroxylation sites is 1. The van der Waals surface area contributed by atoms with Gasteiger partial charge >= 0.3 is 0 Å². The molecule has 2 atom stereocenters. The second-order valence-corrected chi connectivity index (χ2v) is 9.69. The number of nitrogens with zero attached hydrogens (tertiary/aromatic N) is 1. The third kappa shape index (κ3) is 4.25. The Balaban J connectivity index is 2.38. The van der Waals surface area contributed by atoms with E-state index in [1.54, 1.807) is 5.30 Å². The van der Waals surface area contributed by atoms with E-state index in [1.807, 2.05) is 0 Å². The Morgan fingerprint density at radius 1 is 1.09 bits per heavy atom. The Morgan fingerprint density at radius 2 is 1.77 bits per heavy atom. The maximum Gasteiger partial charge on any atom is 0.0439 e. The van der Waals surface area contributed by atoms with Crippen LogP contribution in [0.2, 0.25) is 0 Å². The van der Waals surface area contributed by atoms with Crippen LogP contribution in [0.1, 0.15) is 65.2 Å². The van der Waals surface area contributed by atoms with E-state index in [-0.39, 0.29) is 7.92 Å². The normalized spacial score (nSPS) is 18.9. The first-order valence-electron chi connectivity index (χ1n) is 9.23. The van der Waals surface area contributed by atoms with Crippen LogP contribution < -0.4 is 10.2 Å². The molecule has 1 fully saturated rings. The Morgan fingerprint density at radius 3 is 2.36 bits per heavy atom. The van der Waals surface area contributed by atoms with Crippen molar-refractivity contribution in [2.45, 2.75) is 76.5 Å². The molecule has 1 aliphatic rings. The van der Waals surface area contributed by atoms with Crippen molar-refractivity contribution in [3.05, 3.63) is 24.3 Å². The molecule has 0 heterocycles. The third-order valence-electron chi connectivity index (χ3n) is 5.10. The highest BCUT2D eigenvalue weighted by Crippen LogP contribution is 2.54. The Kier molecular flexibility index (Phi) is 7.22. The average Bonchev–Trinajstić information content (AvgIpc) is 2.55. The first kappa shape index (κ1) is 17.8. The summed E-state index contributed by atoms with van der Waals surface area (Å²) in [5.41, 5.74) is 3.33. The van der Waals surface area contributed by atoms with Gasteiger partial charge in [-0.3, -0.25) is 0 Å². The van der Waals surface area contributed by atoms with E-state index in [0.29, 0.717) is 0 Å². The zero-order valence-electron chi connectivity index (χ0n) is 15.0. The minimum absolute atomic E-state index is 0.0383. The van der Waals surface area contributed by atoms with Gasteiger partial charge in [0.05, 0.1) is 0 Å². The van der Waals surface area contributed by atoms with Crippen LogP contribution in [0.4, 0.5) is 5.69 Å². The number of benzene rings is 1. The molecule has 22 heavy (non-hydrogen) atoms. The molecular formula is C20H34NP. The summed E-state index contributed by atoms with van der Waals surface area (Å²) in [6, 6.07) is 9.23. The van der Waals surface area contributed by atoms with Gasteiger partial charge in [-0.2, -0.15) is 0 Å². The predicted molar refractivity (Wildman–Crippen MR) is 103 cm³/mol. The summed E-state index contributed by atoms with van der Waals surface area (Å²) in [6.07, 6.45) is 11.4. The molecule has 0 N–H and O–H groups in total. The van der Waals surface area contributed by atoms with Crippen molar-refractivity contribution in [3.8, 4) is 0 Å². The molecule has 1 saturated carbocycles. The Bertz CT molecular complexity index is 432. The quantitative estimate of drug-likeness (QED) is 0.577. The Hall–Kier alpha value is -0.550. The summed E-state index contributed by atoms with van der Waals surface area (Å²) in [6.45, 7) is 4.77. The van der Waals surface area contributed by atoms with Crippen molar-refractivity contribution in [1.29, 1.82) is 0 Å². The Labute approximate surface area is 139 Å². The molecule has 1 aliphatic carbocycles. The molecule has 2 rings (SSSR count). The van der Waals surface area contributed by atoms with Gasteiger partial charge in [0.1, 0.15) is 0 Å². The predicted octanol–water partition coefficient (Wildman–Crippen LogP) is 5.77. The van der Waals surface area contributed by atoms with Crippen molar-refractivity contribution in [1.82, 2.24) is 0 Å². The van der Waals surface area contributed by atoms with Gasteiger partial charge in [0.15, 0.2) is 0 Å². The van der Waals surface area contributed by atoms with E-state index in [4.69, 9.17) is 0 Å². The van der Waals surface area contributed by atoms with Gasteiger partial charge in [-0.15, -0.1) is 0 Å². The van der Waals surface area contributed by atoms with Gasteiger partial charge in [0.2, 0.25) is 0 Å². The maximum absolute atomic E-state index is 2.44. The van der Waals surface area contributed by atoms with Crippen molar-refractivity contribution in [3.63, 3.8) is 0 Å². The van der Waals surface area contributed by atoms with E-state index >= 15 is 0 Å². The minimum Gasteiger partial charge on any atom is -0.377 e. The number of hydrogen-bond donors (Lipinski definition) is 0.